The molecule has 0 fully saturated rings. The van der Waals surface area contributed by atoms with E-state index in [9.17, 15) is 8.78 Å². The summed E-state index contributed by atoms with van der Waals surface area (Å²) in [4.78, 5) is 0. The van der Waals surface area contributed by atoms with E-state index in [0.717, 1.165) is 6.42 Å². The molecule has 0 aliphatic carbocycles. The van der Waals surface area contributed by atoms with Gasteiger partial charge in [-0.1, -0.05) is 13.8 Å². The maximum Gasteiger partial charge on any atom is 0.265 e. The van der Waals surface area contributed by atoms with Gasteiger partial charge < -0.3 is 15.8 Å². The molecule has 0 amide bonds. The largest absolute Gasteiger partial charge is 0.399 e. The van der Waals surface area contributed by atoms with Gasteiger partial charge in [-0.2, -0.15) is 0 Å². The molecule has 0 atom stereocenters. The van der Waals surface area contributed by atoms with Crippen LogP contribution < -0.4 is 11.1 Å². The number of anilines is 2. The monoisotopic (exact) mass is 272 g/mol. The van der Waals surface area contributed by atoms with Crippen molar-refractivity contribution in [3.05, 3.63) is 23.8 Å². The van der Waals surface area contributed by atoms with Gasteiger partial charge in [0.05, 0.1) is 0 Å². The lowest BCUT2D eigenvalue weighted by atomic mass is 9.89. The lowest BCUT2D eigenvalue weighted by Crippen LogP contribution is -2.25. The van der Waals surface area contributed by atoms with Crippen LogP contribution in [-0.2, 0) is 4.74 Å². The first-order valence-corrected chi connectivity index (χ1v) is 6.26. The van der Waals surface area contributed by atoms with Gasteiger partial charge in [0, 0.05) is 37.2 Å². The fourth-order valence-electron chi connectivity index (χ4n) is 1.72. The molecule has 1 aromatic carbocycles. The molecule has 0 saturated heterocycles. The Labute approximate surface area is 113 Å². The first kappa shape index (κ1) is 15.7. The van der Waals surface area contributed by atoms with Crippen LogP contribution in [0, 0.1) is 5.41 Å². The molecule has 0 bridgehead atoms. The molecule has 0 radical (unpaired) electrons. The number of nitrogens with two attached hydrogens (primary N) is 1. The lowest BCUT2D eigenvalue weighted by Gasteiger charge is -2.26. The maximum absolute atomic E-state index is 12.9. The second-order valence-corrected chi connectivity index (χ2v) is 5.41. The summed E-state index contributed by atoms with van der Waals surface area (Å²) in [6.07, 6.45) is -1.68. The number of nitrogen functional groups attached to an aromatic ring is 1. The van der Waals surface area contributed by atoms with Crippen molar-refractivity contribution in [2.75, 3.05) is 31.3 Å². The fraction of sp³-hybridized carbons (Fsp3) is 0.571. The number of hydrogen-bond donors (Lipinski definition) is 2. The van der Waals surface area contributed by atoms with Crippen LogP contribution in [0.4, 0.5) is 20.2 Å². The van der Waals surface area contributed by atoms with Crippen molar-refractivity contribution in [3.8, 4) is 0 Å². The molecule has 0 heterocycles. The Morgan fingerprint density at radius 1 is 1.37 bits per heavy atom. The molecule has 0 saturated carbocycles. The van der Waals surface area contributed by atoms with Crippen LogP contribution in [0.5, 0.6) is 0 Å². The SMILES string of the molecule is COCCC(C)(C)CNc1ccc(N)cc1C(F)F. The van der Waals surface area contributed by atoms with E-state index in [0.29, 0.717) is 24.5 Å². The summed E-state index contributed by atoms with van der Waals surface area (Å²) in [6.45, 7) is 5.38. The molecule has 0 aliphatic heterocycles. The second-order valence-electron chi connectivity index (χ2n) is 5.41. The minimum Gasteiger partial charge on any atom is -0.399 e. The molecule has 0 aromatic heterocycles. The third kappa shape index (κ3) is 5.03. The van der Waals surface area contributed by atoms with Gasteiger partial charge in [-0.25, -0.2) is 8.78 Å². The Morgan fingerprint density at radius 3 is 2.63 bits per heavy atom. The summed E-state index contributed by atoms with van der Waals surface area (Å²) in [5.41, 5.74) is 6.24. The van der Waals surface area contributed by atoms with E-state index in [4.69, 9.17) is 10.5 Å². The molecule has 3 nitrogen and oxygen atoms in total. The highest BCUT2D eigenvalue weighted by Gasteiger charge is 2.19. The van der Waals surface area contributed by atoms with Gasteiger partial charge in [0.25, 0.3) is 6.43 Å². The number of methoxy groups -OCH3 is 1. The fourth-order valence-corrected chi connectivity index (χ4v) is 1.72. The van der Waals surface area contributed by atoms with Crippen LogP contribution in [-0.4, -0.2) is 20.3 Å². The van der Waals surface area contributed by atoms with E-state index < -0.39 is 6.43 Å². The average molecular weight is 272 g/mol. The van der Waals surface area contributed by atoms with Crippen molar-refractivity contribution in [1.29, 1.82) is 0 Å². The van der Waals surface area contributed by atoms with Crippen LogP contribution in [0.1, 0.15) is 32.3 Å². The summed E-state index contributed by atoms with van der Waals surface area (Å²) in [5, 5.41) is 3.08. The molecule has 0 aliphatic rings. The summed E-state index contributed by atoms with van der Waals surface area (Å²) in [6, 6.07) is 4.54. The van der Waals surface area contributed by atoms with E-state index in [1.165, 1.54) is 6.07 Å². The van der Waals surface area contributed by atoms with Crippen LogP contribution in [0.2, 0.25) is 0 Å². The van der Waals surface area contributed by atoms with Crippen molar-refractivity contribution >= 4 is 11.4 Å². The molecule has 1 aromatic rings. The van der Waals surface area contributed by atoms with E-state index in [2.05, 4.69) is 19.2 Å². The highest BCUT2D eigenvalue weighted by Crippen LogP contribution is 2.30. The number of hydrogen-bond acceptors (Lipinski definition) is 3. The summed E-state index contributed by atoms with van der Waals surface area (Å²) in [7, 11) is 1.65. The number of ether oxygens (including phenoxy) is 1. The highest BCUT2D eigenvalue weighted by atomic mass is 19.3. The number of rotatable bonds is 7. The zero-order valence-corrected chi connectivity index (χ0v) is 11.7. The Morgan fingerprint density at radius 2 is 2.05 bits per heavy atom. The molecule has 108 valence electrons. The van der Waals surface area contributed by atoms with Crippen LogP contribution >= 0.6 is 0 Å². The molecule has 1 rings (SSSR count). The number of benzene rings is 1. The predicted octanol–water partition coefficient (Wildman–Crippen LogP) is 3.68. The predicted molar refractivity (Wildman–Crippen MR) is 74.6 cm³/mol. The van der Waals surface area contributed by atoms with Gasteiger partial charge in [-0.3, -0.25) is 0 Å². The first-order valence-electron chi connectivity index (χ1n) is 6.26. The highest BCUT2D eigenvalue weighted by molar-refractivity contribution is 5.58. The minimum atomic E-state index is -2.53. The smallest absolute Gasteiger partial charge is 0.265 e. The quantitative estimate of drug-likeness (QED) is 0.744. The van der Waals surface area contributed by atoms with Gasteiger partial charge in [0.1, 0.15) is 0 Å². The van der Waals surface area contributed by atoms with E-state index >= 15 is 0 Å². The third-order valence-corrected chi connectivity index (χ3v) is 3.05. The van der Waals surface area contributed by atoms with Crippen LogP contribution in [0.15, 0.2) is 18.2 Å². The van der Waals surface area contributed by atoms with Gasteiger partial charge in [-0.15, -0.1) is 0 Å². The number of halogens is 2. The van der Waals surface area contributed by atoms with Crippen molar-refractivity contribution in [1.82, 2.24) is 0 Å². The standard InChI is InChI=1S/C14H22F2N2O/c1-14(2,6-7-19-3)9-18-12-5-4-10(17)8-11(12)13(15)16/h4-5,8,13,18H,6-7,9,17H2,1-3H3. The van der Waals surface area contributed by atoms with E-state index in [-0.39, 0.29) is 11.0 Å². The van der Waals surface area contributed by atoms with Crippen LogP contribution in [0.3, 0.4) is 0 Å². The zero-order chi connectivity index (χ0) is 14.5. The molecule has 3 N–H and O–H groups in total. The molecule has 0 spiro atoms. The Kier molecular flexibility index (Phi) is 5.54. The topological polar surface area (TPSA) is 47.3 Å². The molecule has 19 heavy (non-hydrogen) atoms. The maximum atomic E-state index is 12.9. The van der Waals surface area contributed by atoms with Crippen molar-refractivity contribution in [2.45, 2.75) is 26.7 Å². The first-order chi connectivity index (χ1) is 8.85. The molecular formula is C14H22F2N2O. The summed E-state index contributed by atoms with van der Waals surface area (Å²) in [5.74, 6) is 0. The average Bonchev–Trinajstić information content (AvgIpc) is 2.35. The Bertz CT molecular complexity index is 408. The molecule has 0 unspecified atom stereocenters. The Balaban J connectivity index is 2.72. The zero-order valence-electron chi connectivity index (χ0n) is 11.7. The van der Waals surface area contributed by atoms with Crippen molar-refractivity contribution in [3.63, 3.8) is 0 Å². The summed E-state index contributed by atoms with van der Waals surface area (Å²) >= 11 is 0. The van der Waals surface area contributed by atoms with Crippen LogP contribution in [0.25, 0.3) is 0 Å². The second kappa shape index (κ2) is 6.70. The van der Waals surface area contributed by atoms with Crippen molar-refractivity contribution < 1.29 is 13.5 Å². The van der Waals surface area contributed by atoms with Gasteiger partial charge in [0.15, 0.2) is 0 Å². The molecular weight excluding hydrogens is 250 g/mol. The minimum absolute atomic E-state index is 0.0310. The van der Waals surface area contributed by atoms with E-state index in [1.54, 1.807) is 19.2 Å². The Hall–Kier alpha value is -1.36. The van der Waals surface area contributed by atoms with E-state index in [1.807, 2.05) is 0 Å². The van der Waals surface area contributed by atoms with Gasteiger partial charge in [-0.05, 0) is 30.0 Å². The third-order valence-electron chi connectivity index (χ3n) is 3.05. The number of alkyl halides is 2. The molecule has 5 heteroatoms. The van der Waals surface area contributed by atoms with Gasteiger partial charge in [0.2, 0.25) is 0 Å². The normalized spacial score (nSPS) is 11.9. The van der Waals surface area contributed by atoms with Crippen molar-refractivity contribution in [2.24, 2.45) is 5.41 Å². The summed E-state index contributed by atoms with van der Waals surface area (Å²) < 4.78 is 30.9. The number of nitrogens with one attached hydrogen (secondary N) is 1. The lowest BCUT2D eigenvalue weighted by molar-refractivity contribution is 0.151. The van der Waals surface area contributed by atoms with Gasteiger partial charge >= 0.3 is 0 Å².